The molecular weight excluding hydrogens is 293 g/mol. The molecule has 0 N–H and O–H groups in total. The van der Waals surface area contributed by atoms with Gasteiger partial charge in [0.15, 0.2) is 0 Å². The number of alkyl halides is 3. The second kappa shape index (κ2) is 8.48. The number of aromatic nitrogens is 1. The quantitative estimate of drug-likeness (QED) is 0.841. The Morgan fingerprint density at radius 3 is 2.55 bits per heavy atom. The van der Waals surface area contributed by atoms with Gasteiger partial charge >= 0.3 is 6.18 Å². The highest BCUT2D eigenvalue weighted by atomic mass is 19.4. The molecule has 2 rings (SSSR count). The third-order valence-corrected chi connectivity index (χ3v) is 3.39. The van der Waals surface area contributed by atoms with E-state index in [1.54, 1.807) is 0 Å². The highest BCUT2D eigenvalue weighted by molar-refractivity contribution is 5.27. The van der Waals surface area contributed by atoms with E-state index in [9.17, 15) is 13.2 Å². The van der Waals surface area contributed by atoms with Crippen molar-refractivity contribution in [1.82, 2.24) is 9.88 Å². The van der Waals surface area contributed by atoms with Crippen LogP contribution >= 0.6 is 0 Å². The lowest BCUT2D eigenvalue weighted by Crippen LogP contribution is -2.31. The van der Waals surface area contributed by atoms with Crippen molar-refractivity contribution in [3.8, 4) is 0 Å². The smallest absolute Gasteiger partial charge is 0.381 e. The zero-order valence-electron chi connectivity index (χ0n) is 13.7. The van der Waals surface area contributed by atoms with Gasteiger partial charge in [-0.3, -0.25) is 9.88 Å². The maximum atomic E-state index is 12.4. The first kappa shape index (κ1) is 18.9. The van der Waals surface area contributed by atoms with E-state index in [0.717, 1.165) is 23.4 Å². The van der Waals surface area contributed by atoms with Crippen molar-refractivity contribution in [2.24, 2.45) is 0 Å². The normalized spacial score (nSPS) is 18.3. The summed E-state index contributed by atoms with van der Waals surface area (Å²) in [5.74, 6) is 0.248. The number of hydrogen-bond acceptors (Lipinski definition) is 3. The van der Waals surface area contributed by atoms with E-state index >= 15 is 0 Å². The molecule has 1 fully saturated rings. The molecule has 1 aliphatic heterocycles. The maximum Gasteiger partial charge on any atom is 0.401 e. The van der Waals surface area contributed by atoms with Gasteiger partial charge in [0.05, 0.1) is 18.8 Å². The van der Waals surface area contributed by atoms with Crippen LogP contribution in [0.3, 0.4) is 0 Å². The molecule has 0 saturated carbocycles. The van der Waals surface area contributed by atoms with Crippen LogP contribution in [0.1, 0.15) is 43.1 Å². The molecule has 0 aromatic carbocycles. The molecule has 0 amide bonds. The number of halogens is 3. The summed E-state index contributed by atoms with van der Waals surface area (Å²) < 4.78 is 42.6. The Kier molecular flexibility index (Phi) is 7.29. The van der Waals surface area contributed by atoms with E-state index in [0.29, 0.717) is 13.2 Å². The van der Waals surface area contributed by atoms with Crippen LogP contribution in [-0.4, -0.2) is 42.9 Å². The maximum absolute atomic E-state index is 12.4. The number of aryl methyl sites for hydroxylation is 1. The first-order valence-corrected chi connectivity index (χ1v) is 7.64. The number of nitrogens with zero attached hydrogens (tertiary/aromatic N) is 2. The SMILES string of the molecule is CC.Cc1ccc(C2CCOC2)c(CN(C)CC(F)(F)F)n1. The van der Waals surface area contributed by atoms with Crippen molar-refractivity contribution in [2.45, 2.75) is 45.8 Å². The summed E-state index contributed by atoms with van der Waals surface area (Å²) in [6.07, 6.45) is -3.28. The van der Waals surface area contributed by atoms with Crippen molar-refractivity contribution >= 4 is 0 Å². The van der Waals surface area contributed by atoms with E-state index < -0.39 is 12.7 Å². The Bertz CT molecular complexity index is 457. The number of rotatable bonds is 4. The molecule has 126 valence electrons. The molecule has 1 aromatic rings. The van der Waals surface area contributed by atoms with Crippen molar-refractivity contribution in [3.05, 3.63) is 29.1 Å². The fourth-order valence-electron chi connectivity index (χ4n) is 2.52. The van der Waals surface area contributed by atoms with Crippen molar-refractivity contribution in [2.75, 3.05) is 26.8 Å². The topological polar surface area (TPSA) is 25.4 Å². The molecule has 0 bridgehead atoms. The minimum Gasteiger partial charge on any atom is -0.381 e. The highest BCUT2D eigenvalue weighted by Gasteiger charge is 2.30. The third kappa shape index (κ3) is 5.93. The summed E-state index contributed by atoms with van der Waals surface area (Å²) in [7, 11) is 1.46. The van der Waals surface area contributed by atoms with Gasteiger partial charge in [0.2, 0.25) is 0 Å². The zero-order chi connectivity index (χ0) is 16.8. The predicted octanol–water partition coefficient (Wildman–Crippen LogP) is 3.91. The van der Waals surface area contributed by atoms with Crippen LogP contribution in [0.15, 0.2) is 12.1 Å². The van der Waals surface area contributed by atoms with E-state index in [-0.39, 0.29) is 12.5 Å². The second-order valence-corrected chi connectivity index (χ2v) is 5.34. The van der Waals surface area contributed by atoms with Crippen LogP contribution in [0.25, 0.3) is 0 Å². The van der Waals surface area contributed by atoms with Gasteiger partial charge in [-0.15, -0.1) is 0 Å². The van der Waals surface area contributed by atoms with Crippen LogP contribution in [0, 0.1) is 6.92 Å². The van der Waals surface area contributed by atoms with Gasteiger partial charge in [0.25, 0.3) is 0 Å². The van der Waals surface area contributed by atoms with Crippen LogP contribution < -0.4 is 0 Å². The van der Waals surface area contributed by atoms with Gasteiger partial charge in [0.1, 0.15) is 0 Å². The van der Waals surface area contributed by atoms with E-state index in [1.165, 1.54) is 11.9 Å². The van der Waals surface area contributed by atoms with Crippen molar-refractivity contribution < 1.29 is 17.9 Å². The molecule has 1 aromatic heterocycles. The molecule has 22 heavy (non-hydrogen) atoms. The zero-order valence-corrected chi connectivity index (χ0v) is 13.7. The summed E-state index contributed by atoms with van der Waals surface area (Å²) in [4.78, 5) is 5.67. The fourth-order valence-corrected chi connectivity index (χ4v) is 2.52. The molecule has 1 unspecified atom stereocenters. The first-order chi connectivity index (χ1) is 10.3. The Labute approximate surface area is 130 Å². The average molecular weight is 318 g/mol. The Morgan fingerprint density at radius 2 is 2.00 bits per heavy atom. The third-order valence-electron chi connectivity index (χ3n) is 3.39. The first-order valence-electron chi connectivity index (χ1n) is 7.64. The lowest BCUT2D eigenvalue weighted by molar-refractivity contribution is -0.144. The van der Waals surface area contributed by atoms with Crippen LogP contribution in [0.5, 0.6) is 0 Å². The lowest BCUT2D eigenvalue weighted by Gasteiger charge is -2.21. The van der Waals surface area contributed by atoms with Gasteiger partial charge in [-0.25, -0.2) is 0 Å². The molecule has 0 radical (unpaired) electrons. The number of hydrogen-bond donors (Lipinski definition) is 0. The Balaban J connectivity index is 0.00000116. The second-order valence-electron chi connectivity index (χ2n) is 5.34. The molecule has 1 atom stereocenters. The average Bonchev–Trinajstić information content (AvgIpc) is 2.92. The molecular formula is C16H25F3N2O. The molecule has 1 saturated heterocycles. The van der Waals surface area contributed by atoms with Gasteiger partial charge in [-0.05, 0) is 32.0 Å². The molecule has 2 heterocycles. The van der Waals surface area contributed by atoms with Gasteiger partial charge in [-0.2, -0.15) is 13.2 Å². The molecule has 6 heteroatoms. The molecule has 1 aliphatic rings. The fraction of sp³-hybridized carbons (Fsp3) is 0.688. The summed E-state index contributed by atoms with van der Waals surface area (Å²) in [6, 6.07) is 3.87. The number of pyridine rings is 1. The molecule has 3 nitrogen and oxygen atoms in total. The van der Waals surface area contributed by atoms with Crippen molar-refractivity contribution in [3.63, 3.8) is 0 Å². The Morgan fingerprint density at radius 1 is 1.32 bits per heavy atom. The Hall–Kier alpha value is -1.14. The van der Waals surface area contributed by atoms with E-state index in [2.05, 4.69) is 4.98 Å². The van der Waals surface area contributed by atoms with Gasteiger partial charge in [-0.1, -0.05) is 19.9 Å². The van der Waals surface area contributed by atoms with E-state index in [1.807, 2.05) is 32.9 Å². The van der Waals surface area contributed by atoms with Crippen LogP contribution in [0.2, 0.25) is 0 Å². The summed E-state index contributed by atoms with van der Waals surface area (Å²) in [5, 5.41) is 0. The van der Waals surface area contributed by atoms with Crippen molar-refractivity contribution in [1.29, 1.82) is 0 Å². The predicted molar refractivity (Wildman–Crippen MR) is 80.9 cm³/mol. The minimum atomic E-state index is -4.19. The minimum absolute atomic E-state index is 0.201. The summed E-state index contributed by atoms with van der Waals surface area (Å²) in [5.41, 5.74) is 2.57. The van der Waals surface area contributed by atoms with Gasteiger partial charge < -0.3 is 4.74 Å². The summed E-state index contributed by atoms with van der Waals surface area (Å²) in [6.45, 7) is 6.45. The molecule has 0 spiro atoms. The monoisotopic (exact) mass is 318 g/mol. The highest BCUT2D eigenvalue weighted by Crippen LogP contribution is 2.28. The number of ether oxygens (including phenoxy) is 1. The standard InChI is InChI=1S/C14H19F3N2O.C2H6/c1-10-3-4-12(11-5-6-20-8-11)13(18-10)7-19(2)9-14(15,16)17;1-2/h3-4,11H,5-9H2,1-2H3;1-2H3. The van der Waals surface area contributed by atoms with E-state index in [4.69, 9.17) is 4.74 Å². The molecule has 0 aliphatic carbocycles. The van der Waals surface area contributed by atoms with Crippen LogP contribution in [0.4, 0.5) is 13.2 Å². The summed E-state index contributed by atoms with van der Waals surface area (Å²) >= 11 is 0. The van der Waals surface area contributed by atoms with Crippen LogP contribution in [-0.2, 0) is 11.3 Å². The lowest BCUT2D eigenvalue weighted by atomic mass is 9.96. The van der Waals surface area contributed by atoms with Gasteiger partial charge in [0, 0.05) is 24.8 Å². The largest absolute Gasteiger partial charge is 0.401 e.